The summed E-state index contributed by atoms with van der Waals surface area (Å²) in [5, 5.41) is 2.98. The number of hydrogen-bond donors (Lipinski definition) is 1. The van der Waals surface area contributed by atoms with E-state index in [1.807, 2.05) is 55.5 Å². The van der Waals surface area contributed by atoms with Crippen molar-refractivity contribution in [3.05, 3.63) is 60.2 Å². The first-order chi connectivity index (χ1) is 12.7. The number of carbonyl (C=O) groups is 1. The van der Waals surface area contributed by atoms with Crippen molar-refractivity contribution < 1.29 is 14.3 Å². The Hall–Kier alpha value is -2.49. The van der Waals surface area contributed by atoms with E-state index in [1.54, 1.807) is 0 Å². The van der Waals surface area contributed by atoms with Crippen LogP contribution >= 0.6 is 0 Å². The highest BCUT2D eigenvalue weighted by atomic mass is 16.5. The van der Waals surface area contributed by atoms with Gasteiger partial charge in [0.05, 0.1) is 6.61 Å². The van der Waals surface area contributed by atoms with Gasteiger partial charge in [-0.2, -0.15) is 0 Å². The van der Waals surface area contributed by atoms with Crippen LogP contribution in [0.25, 0.3) is 0 Å². The Bertz CT molecular complexity index is 657. The number of hydrogen-bond acceptors (Lipinski definition) is 3. The minimum atomic E-state index is -0.461. The smallest absolute Gasteiger partial charge is 0.261 e. The van der Waals surface area contributed by atoms with Crippen molar-refractivity contribution in [2.75, 3.05) is 13.2 Å². The molecule has 0 radical (unpaired) electrons. The lowest BCUT2D eigenvalue weighted by molar-refractivity contribution is -0.128. The topological polar surface area (TPSA) is 47.6 Å². The summed E-state index contributed by atoms with van der Waals surface area (Å²) in [6.07, 6.45) is 2.90. The first-order valence-electron chi connectivity index (χ1n) is 9.44. The van der Waals surface area contributed by atoms with Crippen LogP contribution in [0.15, 0.2) is 54.6 Å². The van der Waals surface area contributed by atoms with Crippen molar-refractivity contribution in [1.29, 1.82) is 0 Å². The van der Waals surface area contributed by atoms with Gasteiger partial charge in [0.1, 0.15) is 11.5 Å². The SMILES string of the molecule is CCCOc1ccccc1CCCNC(=O)[C@H](CC)Oc1ccccc1. The van der Waals surface area contributed by atoms with Crippen LogP contribution < -0.4 is 14.8 Å². The van der Waals surface area contributed by atoms with Crippen molar-refractivity contribution in [1.82, 2.24) is 5.32 Å². The van der Waals surface area contributed by atoms with E-state index in [9.17, 15) is 4.79 Å². The molecule has 0 bridgehead atoms. The van der Waals surface area contributed by atoms with Gasteiger partial charge in [-0.15, -0.1) is 0 Å². The molecule has 0 spiro atoms. The molecule has 0 aliphatic heterocycles. The number of aryl methyl sites for hydroxylation is 1. The first-order valence-corrected chi connectivity index (χ1v) is 9.44. The summed E-state index contributed by atoms with van der Waals surface area (Å²) in [5.41, 5.74) is 1.18. The van der Waals surface area contributed by atoms with Gasteiger partial charge in [0.2, 0.25) is 0 Å². The first kappa shape index (κ1) is 19.8. The highest BCUT2D eigenvalue weighted by Crippen LogP contribution is 2.19. The van der Waals surface area contributed by atoms with Gasteiger partial charge < -0.3 is 14.8 Å². The maximum Gasteiger partial charge on any atom is 0.261 e. The summed E-state index contributed by atoms with van der Waals surface area (Å²) in [7, 11) is 0. The number of benzene rings is 2. The number of para-hydroxylation sites is 2. The molecule has 0 aliphatic rings. The average molecular weight is 355 g/mol. The van der Waals surface area contributed by atoms with E-state index >= 15 is 0 Å². The number of carbonyl (C=O) groups excluding carboxylic acids is 1. The van der Waals surface area contributed by atoms with Gasteiger partial charge >= 0.3 is 0 Å². The van der Waals surface area contributed by atoms with Crippen molar-refractivity contribution >= 4 is 5.91 Å². The van der Waals surface area contributed by atoms with Crippen LogP contribution in [0.3, 0.4) is 0 Å². The summed E-state index contributed by atoms with van der Waals surface area (Å²) in [6.45, 7) is 5.40. The molecule has 26 heavy (non-hydrogen) atoms. The van der Waals surface area contributed by atoms with Gasteiger partial charge in [0.15, 0.2) is 6.10 Å². The average Bonchev–Trinajstić information content (AvgIpc) is 2.69. The molecular formula is C22H29NO3. The van der Waals surface area contributed by atoms with E-state index in [0.717, 1.165) is 37.4 Å². The summed E-state index contributed by atoms with van der Waals surface area (Å²) in [6, 6.07) is 17.6. The molecule has 0 fully saturated rings. The second kappa shape index (κ2) is 11.2. The van der Waals surface area contributed by atoms with Crippen LogP contribution in [0.1, 0.15) is 38.7 Å². The Morgan fingerprint density at radius 2 is 1.77 bits per heavy atom. The second-order valence-electron chi connectivity index (χ2n) is 6.18. The molecule has 4 heteroatoms. The molecule has 0 saturated carbocycles. The third-order valence-electron chi connectivity index (χ3n) is 4.04. The summed E-state index contributed by atoms with van der Waals surface area (Å²) < 4.78 is 11.6. The van der Waals surface area contributed by atoms with Crippen molar-refractivity contribution in [3.8, 4) is 11.5 Å². The predicted molar refractivity (Wildman–Crippen MR) is 105 cm³/mol. The van der Waals surface area contributed by atoms with E-state index in [-0.39, 0.29) is 5.91 Å². The van der Waals surface area contributed by atoms with Crippen LogP contribution in [0, 0.1) is 0 Å². The Morgan fingerprint density at radius 3 is 2.50 bits per heavy atom. The molecular weight excluding hydrogens is 326 g/mol. The zero-order chi connectivity index (χ0) is 18.6. The molecule has 0 aromatic heterocycles. The Kier molecular flexibility index (Phi) is 8.53. The molecule has 1 amide bonds. The van der Waals surface area contributed by atoms with Gasteiger partial charge in [0.25, 0.3) is 5.91 Å². The lowest BCUT2D eigenvalue weighted by Gasteiger charge is -2.17. The fourth-order valence-corrected chi connectivity index (χ4v) is 2.65. The summed E-state index contributed by atoms with van der Waals surface area (Å²) in [4.78, 5) is 12.3. The Labute approximate surface area is 156 Å². The van der Waals surface area contributed by atoms with Crippen molar-refractivity contribution in [3.63, 3.8) is 0 Å². The lowest BCUT2D eigenvalue weighted by atomic mass is 10.1. The van der Waals surface area contributed by atoms with Crippen LogP contribution in [0.2, 0.25) is 0 Å². The van der Waals surface area contributed by atoms with E-state index in [2.05, 4.69) is 18.3 Å². The molecule has 0 heterocycles. The highest BCUT2D eigenvalue weighted by Gasteiger charge is 2.17. The van der Waals surface area contributed by atoms with Crippen LogP contribution in [0.4, 0.5) is 0 Å². The molecule has 1 N–H and O–H groups in total. The largest absolute Gasteiger partial charge is 0.493 e. The molecule has 0 unspecified atom stereocenters. The summed E-state index contributed by atoms with van der Waals surface area (Å²) in [5.74, 6) is 1.60. The fraction of sp³-hybridized carbons (Fsp3) is 0.409. The van der Waals surface area contributed by atoms with E-state index in [0.29, 0.717) is 13.0 Å². The standard InChI is InChI=1S/C22H29NO3/c1-3-17-25-21-15-9-8-11-18(21)12-10-16-23-22(24)20(4-2)26-19-13-6-5-7-14-19/h5-9,11,13-15,20H,3-4,10,12,16-17H2,1-2H3,(H,23,24)/t20-/m0/s1. The Balaban J connectivity index is 1.77. The Morgan fingerprint density at radius 1 is 1.04 bits per heavy atom. The van der Waals surface area contributed by atoms with Gasteiger partial charge in [0, 0.05) is 6.54 Å². The molecule has 2 aromatic rings. The summed E-state index contributed by atoms with van der Waals surface area (Å²) >= 11 is 0. The number of ether oxygens (including phenoxy) is 2. The predicted octanol–water partition coefficient (Wildman–Crippen LogP) is 4.38. The fourth-order valence-electron chi connectivity index (χ4n) is 2.65. The zero-order valence-corrected chi connectivity index (χ0v) is 15.7. The monoisotopic (exact) mass is 355 g/mol. The van der Waals surface area contributed by atoms with Gasteiger partial charge in [-0.1, -0.05) is 50.2 Å². The third-order valence-corrected chi connectivity index (χ3v) is 4.04. The van der Waals surface area contributed by atoms with Crippen LogP contribution in [0.5, 0.6) is 11.5 Å². The molecule has 0 saturated heterocycles. The highest BCUT2D eigenvalue weighted by molar-refractivity contribution is 5.81. The normalized spacial score (nSPS) is 11.6. The minimum Gasteiger partial charge on any atom is -0.493 e. The van der Waals surface area contributed by atoms with E-state index in [1.165, 1.54) is 5.56 Å². The van der Waals surface area contributed by atoms with Crippen LogP contribution in [-0.2, 0) is 11.2 Å². The molecule has 140 valence electrons. The van der Waals surface area contributed by atoms with E-state index < -0.39 is 6.10 Å². The maximum absolute atomic E-state index is 12.3. The third kappa shape index (κ3) is 6.43. The van der Waals surface area contributed by atoms with Gasteiger partial charge in [-0.3, -0.25) is 4.79 Å². The lowest BCUT2D eigenvalue weighted by Crippen LogP contribution is -2.38. The van der Waals surface area contributed by atoms with Crippen molar-refractivity contribution in [2.45, 2.75) is 45.6 Å². The molecule has 0 aliphatic carbocycles. The zero-order valence-electron chi connectivity index (χ0n) is 15.7. The second-order valence-corrected chi connectivity index (χ2v) is 6.18. The van der Waals surface area contributed by atoms with E-state index in [4.69, 9.17) is 9.47 Å². The van der Waals surface area contributed by atoms with Crippen molar-refractivity contribution in [2.24, 2.45) is 0 Å². The maximum atomic E-state index is 12.3. The van der Waals surface area contributed by atoms with Gasteiger partial charge in [-0.05, 0) is 49.4 Å². The number of rotatable bonds is 11. The molecule has 1 atom stereocenters. The minimum absolute atomic E-state index is 0.0631. The molecule has 2 rings (SSSR count). The number of nitrogens with one attached hydrogen (secondary N) is 1. The van der Waals surface area contributed by atoms with Gasteiger partial charge in [-0.25, -0.2) is 0 Å². The van der Waals surface area contributed by atoms with Crippen LogP contribution in [-0.4, -0.2) is 25.2 Å². The number of amides is 1. The molecule has 2 aromatic carbocycles. The molecule has 4 nitrogen and oxygen atoms in total. The quantitative estimate of drug-likeness (QED) is 0.609.